The summed E-state index contributed by atoms with van der Waals surface area (Å²) in [6.07, 6.45) is 4.31. The lowest BCUT2D eigenvalue weighted by Crippen LogP contribution is -2.29. The fourth-order valence-electron chi connectivity index (χ4n) is 3.49. The number of anilines is 1. The van der Waals surface area contributed by atoms with E-state index in [4.69, 9.17) is 9.47 Å². The first kappa shape index (κ1) is 27.5. The van der Waals surface area contributed by atoms with Gasteiger partial charge in [-0.15, -0.1) is 0 Å². The Balaban J connectivity index is 1.70. The van der Waals surface area contributed by atoms with Crippen molar-refractivity contribution in [2.45, 2.75) is 20.4 Å². The van der Waals surface area contributed by atoms with Crippen molar-refractivity contribution in [3.8, 4) is 11.5 Å². The maximum absolute atomic E-state index is 12.6. The molecule has 3 aromatic rings. The first-order valence-electron chi connectivity index (χ1n) is 11.7. The molecule has 0 heterocycles. The highest BCUT2D eigenvalue weighted by Crippen LogP contribution is 2.28. The predicted octanol–water partition coefficient (Wildman–Crippen LogP) is 4.69. The zero-order valence-electron chi connectivity index (χ0n) is 21.2. The van der Waals surface area contributed by atoms with Gasteiger partial charge in [-0.3, -0.25) is 9.10 Å². The van der Waals surface area contributed by atoms with E-state index in [0.717, 1.165) is 17.4 Å². The van der Waals surface area contributed by atoms with E-state index in [9.17, 15) is 13.2 Å². The van der Waals surface area contributed by atoms with Crippen molar-refractivity contribution < 1.29 is 22.7 Å². The molecule has 0 saturated heterocycles. The Morgan fingerprint density at radius 3 is 2.43 bits per heavy atom. The number of hydrazone groups is 1. The molecular formula is C28H31N3O5S. The van der Waals surface area contributed by atoms with E-state index < -0.39 is 15.9 Å². The van der Waals surface area contributed by atoms with Gasteiger partial charge in [0, 0.05) is 5.56 Å². The molecule has 0 bridgehead atoms. The average Bonchev–Trinajstić information content (AvgIpc) is 2.87. The van der Waals surface area contributed by atoms with E-state index in [1.807, 2.05) is 38.1 Å². The molecule has 0 unspecified atom stereocenters. The second-order valence-corrected chi connectivity index (χ2v) is 10.1. The van der Waals surface area contributed by atoms with Crippen LogP contribution < -0.4 is 19.2 Å². The molecule has 0 spiro atoms. The van der Waals surface area contributed by atoms with Crippen LogP contribution in [0, 0.1) is 6.92 Å². The Bertz CT molecular complexity index is 1370. The number of sulfonamides is 1. The third-order valence-corrected chi connectivity index (χ3v) is 6.54. The molecule has 3 rings (SSSR count). The minimum atomic E-state index is -3.54. The number of nitrogens with one attached hydrogen (secondary N) is 1. The van der Waals surface area contributed by atoms with E-state index in [-0.39, 0.29) is 6.54 Å². The van der Waals surface area contributed by atoms with Crippen molar-refractivity contribution in [1.29, 1.82) is 0 Å². The van der Waals surface area contributed by atoms with Crippen molar-refractivity contribution in [2.24, 2.45) is 5.10 Å². The fraction of sp³-hybridized carbons (Fsp3) is 0.214. The summed E-state index contributed by atoms with van der Waals surface area (Å²) in [5.74, 6) is 0.730. The van der Waals surface area contributed by atoms with Crippen molar-refractivity contribution in [2.75, 3.05) is 23.8 Å². The lowest BCUT2D eigenvalue weighted by atomic mass is 10.1. The Kier molecular flexibility index (Phi) is 9.45. The normalized spacial score (nSPS) is 11.2. The van der Waals surface area contributed by atoms with E-state index in [2.05, 4.69) is 17.1 Å². The summed E-state index contributed by atoms with van der Waals surface area (Å²) in [5, 5.41) is 4.03. The number of benzene rings is 3. The van der Waals surface area contributed by atoms with Gasteiger partial charge in [0.1, 0.15) is 6.61 Å². The summed E-state index contributed by atoms with van der Waals surface area (Å²) in [5.41, 5.74) is 5.90. The number of carbonyl (C=O) groups excluding carboxylic acids is 1. The van der Waals surface area contributed by atoms with Gasteiger partial charge in [0.05, 0.1) is 31.3 Å². The molecule has 1 N–H and O–H groups in total. The monoisotopic (exact) mass is 521 g/mol. The number of amides is 1. The van der Waals surface area contributed by atoms with Crippen LogP contribution in [0.5, 0.6) is 11.5 Å². The Morgan fingerprint density at radius 2 is 1.78 bits per heavy atom. The fourth-order valence-corrected chi connectivity index (χ4v) is 4.37. The molecule has 37 heavy (non-hydrogen) atoms. The second kappa shape index (κ2) is 12.7. The minimum absolute atomic E-state index is 0.197. The zero-order chi connectivity index (χ0) is 26.8. The number of hydrogen-bond acceptors (Lipinski definition) is 6. The average molecular weight is 522 g/mol. The molecule has 8 nitrogen and oxygen atoms in total. The number of ether oxygens (including phenoxy) is 2. The van der Waals surface area contributed by atoms with E-state index in [0.29, 0.717) is 41.5 Å². The molecule has 9 heteroatoms. The highest BCUT2D eigenvalue weighted by molar-refractivity contribution is 7.92. The SMILES string of the molecule is C=CCOc1ccc(/C=N\NC(=O)c2ccc(N(Cc3ccccc3C)S(C)(=O)=O)cc2)cc1OCC. The van der Waals surface area contributed by atoms with E-state index >= 15 is 0 Å². The molecule has 0 radical (unpaired) electrons. The lowest BCUT2D eigenvalue weighted by Gasteiger charge is -2.23. The molecule has 0 aromatic heterocycles. The van der Waals surface area contributed by atoms with E-state index in [1.54, 1.807) is 48.5 Å². The van der Waals surface area contributed by atoms with Gasteiger partial charge >= 0.3 is 0 Å². The van der Waals surface area contributed by atoms with Gasteiger partial charge in [0.15, 0.2) is 11.5 Å². The van der Waals surface area contributed by atoms with Crippen LogP contribution in [0.2, 0.25) is 0 Å². The third kappa shape index (κ3) is 7.68. The number of carbonyl (C=O) groups is 1. The van der Waals surface area contributed by atoms with Crippen molar-refractivity contribution in [1.82, 2.24) is 5.43 Å². The summed E-state index contributed by atoms with van der Waals surface area (Å²) in [4.78, 5) is 12.6. The first-order chi connectivity index (χ1) is 17.7. The summed E-state index contributed by atoms with van der Waals surface area (Å²) in [7, 11) is -3.54. The zero-order valence-corrected chi connectivity index (χ0v) is 22.0. The van der Waals surface area contributed by atoms with Crippen LogP contribution in [-0.4, -0.2) is 40.0 Å². The molecule has 0 aliphatic rings. The summed E-state index contributed by atoms with van der Waals surface area (Å²) in [6.45, 7) is 8.48. The van der Waals surface area contributed by atoms with Crippen molar-refractivity contribution >= 4 is 27.8 Å². The standard InChI is InChI=1S/C28H31N3O5S/c1-5-17-36-26-16-11-22(18-27(26)35-6-2)19-29-30-28(32)23-12-14-25(15-13-23)31(37(4,33)34)20-24-10-8-7-9-21(24)3/h5,7-16,18-19H,1,6,17,20H2,2-4H3,(H,30,32)/b29-19-. The third-order valence-electron chi connectivity index (χ3n) is 5.40. The van der Waals surface area contributed by atoms with Crippen LogP contribution in [0.4, 0.5) is 5.69 Å². The van der Waals surface area contributed by atoms with Crippen LogP contribution in [0.25, 0.3) is 0 Å². The molecule has 194 valence electrons. The van der Waals surface area contributed by atoms with E-state index in [1.165, 1.54) is 10.5 Å². The van der Waals surface area contributed by atoms with Gasteiger partial charge in [0.2, 0.25) is 10.0 Å². The van der Waals surface area contributed by atoms with Gasteiger partial charge < -0.3 is 9.47 Å². The molecule has 0 aliphatic carbocycles. The van der Waals surface area contributed by atoms with Gasteiger partial charge in [-0.05, 0) is 73.0 Å². The van der Waals surface area contributed by atoms with Crippen LogP contribution in [0.1, 0.15) is 34.0 Å². The lowest BCUT2D eigenvalue weighted by molar-refractivity contribution is 0.0955. The second-order valence-electron chi connectivity index (χ2n) is 8.18. The molecule has 0 aliphatic heterocycles. The molecule has 0 atom stereocenters. The predicted molar refractivity (Wildman–Crippen MR) is 147 cm³/mol. The van der Waals surface area contributed by atoms with Crippen LogP contribution in [0.3, 0.4) is 0 Å². The molecule has 0 fully saturated rings. The van der Waals surface area contributed by atoms with Crippen molar-refractivity contribution in [3.63, 3.8) is 0 Å². The van der Waals surface area contributed by atoms with Gasteiger partial charge in [-0.25, -0.2) is 13.8 Å². The number of hydrogen-bond donors (Lipinski definition) is 1. The van der Waals surface area contributed by atoms with Gasteiger partial charge in [0.25, 0.3) is 5.91 Å². The number of rotatable bonds is 12. The largest absolute Gasteiger partial charge is 0.490 e. The van der Waals surface area contributed by atoms with Crippen molar-refractivity contribution in [3.05, 3.63) is 102 Å². The first-order valence-corrected chi connectivity index (χ1v) is 13.5. The Hall–Kier alpha value is -4.11. The smallest absolute Gasteiger partial charge is 0.271 e. The van der Waals surface area contributed by atoms with Crippen LogP contribution in [-0.2, 0) is 16.6 Å². The quantitative estimate of drug-likeness (QED) is 0.212. The molecular weight excluding hydrogens is 490 g/mol. The number of nitrogens with zero attached hydrogens (tertiary/aromatic N) is 2. The summed E-state index contributed by atoms with van der Waals surface area (Å²) < 4.78 is 37.5. The maximum Gasteiger partial charge on any atom is 0.271 e. The topological polar surface area (TPSA) is 97.3 Å². The van der Waals surface area contributed by atoms with Gasteiger partial charge in [-0.1, -0.05) is 36.9 Å². The van der Waals surface area contributed by atoms with Crippen LogP contribution >= 0.6 is 0 Å². The molecule has 1 amide bonds. The highest BCUT2D eigenvalue weighted by atomic mass is 32.2. The molecule has 0 saturated carbocycles. The maximum atomic E-state index is 12.6. The number of aryl methyl sites for hydroxylation is 1. The Labute approximate surface area is 218 Å². The summed E-state index contributed by atoms with van der Waals surface area (Å²) >= 11 is 0. The Morgan fingerprint density at radius 1 is 1.05 bits per heavy atom. The minimum Gasteiger partial charge on any atom is -0.490 e. The summed E-state index contributed by atoms with van der Waals surface area (Å²) in [6, 6.07) is 19.3. The highest BCUT2D eigenvalue weighted by Gasteiger charge is 2.19. The van der Waals surface area contributed by atoms with Gasteiger partial charge in [-0.2, -0.15) is 5.10 Å². The molecule has 3 aromatic carbocycles. The van der Waals surface area contributed by atoms with Crippen LogP contribution in [0.15, 0.2) is 84.5 Å².